The van der Waals surface area contributed by atoms with Gasteiger partial charge in [0.1, 0.15) is 18.1 Å². The Bertz CT molecular complexity index is 1160. The highest BCUT2D eigenvalue weighted by atomic mass is 16.1. The van der Waals surface area contributed by atoms with Crippen LogP contribution in [-0.4, -0.2) is 17.3 Å². The molecule has 5 heteroatoms. The number of para-hydroxylation sites is 1. The summed E-state index contributed by atoms with van der Waals surface area (Å²) in [5, 5.41) is 9.59. The van der Waals surface area contributed by atoms with Crippen molar-refractivity contribution in [3.63, 3.8) is 0 Å². The number of nitrogens with zero attached hydrogens (tertiary/aromatic N) is 3. The van der Waals surface area contributed by atoms with Gasteiger partial charge in [-0.3, -0.25) is 0 Å². The molecule has 1 unspecified atom stereocenters. The highest BCUT2D eigenvalue weighted by Gasteiger charge is 2.28. The Labute approximate surface area is 169 Å². The van der Waals surface area contributed by atoms with Gasteiger partial charge in [0.25, 0.3) is 0 Å². The van der Waals surface area contributed by atoms with Crippen LogP contribution >= 0.6 is 0 Å². The van der Waals surface area contributed by atoms with Gasteiger partial charge in [0.2, 0.25) is 0 Å². The van der Waals surface area contributed by atoms with E-state index in [0.29, 0.717) is 17.1 Å². The summed E-state index contributed by atoms with van der Waals surface area (Å²) in [4.78, 5) is 18.5. The minimum atomic E-state index is -0.572. The Morgan fingerprint density at radius 3 is 2.48 bits per heavy atom. The van der Waals surface area contributed by atoms with Gasteiger partial charge in [0, 0.05) is 17.5 Å². The third-order valence-electron chi connectivity index (χ3n) is 4.82. The van der Waals surface area contributed by atoms with E-state index in [4.69, 9.17) is 5.73 Å². The van der Waals surface area contributed by atoms with E-state index in [1.807, 2.05) is 77.8 Å². The van der Waals surface area contributed by atoms with Crippen molar-refractivity contribution in [3.05, 3.63) is 102 Å². The average molecular weight is 378 g/mol. The average Bonchev–Trinajstić information content (AvgIpc) is 2.78. The van der Waals surface area contributed by atoms with Crippen molar-refractivity contribution >= 4 is 28.9 Å². The molecule has 2 N–H and O–H groups in total. The number of carbonyl (C=O) groups excluding carboxylic acids is 1. The van der Waals surface area contributed by atoms with Crippen molar-refractivity contribution in [1.29, 1.82) is 5.26 Å². The fraction of sp³-hybridized carbons (Fsp3) is 0.0417. The van der Waals surface area contributed by atoms with E-state index in [1.54, 1.807) is 12.1 Å². The van der Waals surface area contributed by atoms with Crippen LogP contribution in [0.15, 0.2) is 85.1 Å². The Morgan fingerprint density at radius 1 is 1.00 bits per heavy atom. The number of carbonyl (C=O) groups is 1. The topological polar surface area (TPSA) is 83.0 Å². The number of benzene rings is 2. The SMILES string of the molecule is N#Cc1ccccc1C1=CC(c2cccc(N)n2)=CN(c2ccccc2)C1C=O. The van der Waals surface area contributed by atoms with Crippen molar-refractivity contribution in [2.75, 3.05) is 10.6 Å². The summed E-state index contributed by atoms with van der Waals surface area (Å²) in [5.41, 5.74) is 10.2. The molecule has 3 aromatic rings. The quantitative estimate of drug-likeness (QED) is 0.693. The molecule has 2 heterocycles. The van der Waals surface area contributed by atoms with Crippen molar-refractivity contribution in [1.82, 2.24) is 4.98 Å². The zero-order chi connectivity index (χ0) is 20.2. The van der Waals surface area contributed by atoms with Crippen LogP contribution in [0.2, 0.25) is 0 Å². The number of nitrogens with two attached hydrogens (primary N) is 1. The molecule has 0 amide bonds. The fourth-order valence-electron chi connectivity index (χ4n) is 3.47. The first kappa shape index (κ1) is 18.2. The summed E-state index contributed by atoms with van der Waals surface area (Å²) >= 11 is 0. The molecule has 0 spiro atoms. The maximum atomic E-state index is 12.2. The number of hydrogen-bond acceptors (Lipinski definition) is 5. The smallest absolute Gasteiger partial charge is 0.147 e. The Morgan fingerprint density at radius 2 is 1.76 bits per heavy atom. The van der Waals surface area contributed by atoms with Crippen LogP contribution in [-0.2, 0) is 4.79 Å². The minimum Gasteiger partial charge on any atom is -0.384 e. The second kappa shape index (κ2) is 7.83. The Balaban J connectivity index is 1.94. The van der Waals surface area contributed by atoms with Crippen molar-refractivity contribution in [2.24, 2.45) is 0 Å². The first-order chi connectivity index (χ1) is 14.2. The second-order valence-electron chi connectivity index (χ2n) is 6.61. The van der Waals surface area contributed by atoms with E-state index in [2.05, 4.69) is 11.1 Å². The van der Waals surface area contributed by atoms with Gasteiger partial charge in [-0.1, -0.05) is 42.5 Å². The summed E-state index contributed by atoms with van der Waals surface area (Å²) < 4.78 is 0. The molecule has 1 aliphatic rings. The Kier molecular flexibility index (Phi) is 4.91. The molecule has 0 bridgehead atoms. The van der Waals surface area contributed by atoms with Gasteiger partial charge in [-0.15, -0.1) is 0 Å². The number of rotatable bonds is 4. The number of hydrogen-bond donors (Lipinski definition) is 1. The molecule has 0 aliphatic carbocycles. The molecule has 1 aromatic heterocycles. The van der Waals surface area contributed by atoms with E-state index in [1.165, 1.54) is 0 Å². The van der Waals surface area contributed by atoms with Gasteiger partial charge >= 0.3 is 0 Å². The summed E-state index contributed by atoms with van der Waals surface area (Å²) in [6, 6.07) is 24.0. The largest absolute Gasteiger partial charge is 0.384 e. The first-order valence-corrected chi connectivity index (χ1v) is 9.16. The van der Waals surface area contributed by atoms with E-state index < -0.39 is 6.04 Å². The monoisotopic (exact) mass is 378 g/mol. The van der Waals surface area contributed by atoms with Crippen molar-refractivity contribution in [2.45, 2.75) is 6.04 Å². The number of allylic oxidation sites excluding steroid dienone is 2. The third kappa shape index (κ3) is 3.52. The van der Waals surface area contributed by atoms with Crippen molar-refractivity contribution < 1.29 is 4.79 Å². The van der Waals surface area contributed by atoms with Crippen LogP contribution in [0, 0.1) is 11.3 Å². The van der Waals surface area contributed by atoms with Gasteiger partial charge < -0.3 is 15.4 Å². The molecule has 4 rings (SSSR count). The Hall–Kier alpha value is -4.17. The lowest BCUT2D eigenvalue weighted by atomic mass is 9.89. The van der Waals surface area contributed by atoms with Crippen LogP contribution in [0.25, 0.3) is 11.1 Å². The highest BCUT2D eigenvalue weighted by molar-refractivity contribution is 5.99. The number of nitrogen functional groups attached to an aromatic ring is 1. The number of anilines is 2. The molecule has 29 heavy (non-hydrogen) atoms. The molecular formula is C24H18N4O. The third-order valence-corrected chi connectivity index (χ3v) is 4.82. The summed E-state index contributed by atoms with van der Waals surface area (Å²) in [5.74, 6) is 0.416. The van der Waals surface area contributed by atoms with Crippen LogP contribution in [0.4, 0.5) is 11.5 Å². The van der Waals surface area contributed by atoms with Crippen molar-refractivity contribution in [3.8, 4) is 6.07 Å². The normalized spacial score (nSPS) is 15.8. The van der Waals surface area contributed by atoms with E-state index in [-0.39, 0.29) is 0 Å². The van der Waals surface area contributed by atoms with E-state index in [0.717, 1.165) is 28.7 Å². The molecular weight excluding hydrogens is 360 g/mol. The first-order valence-electron chi connectivity index (χ1n) is 9.16. The van der Waals surface area contributed by atoms with Gasteiger partial charge in [-0.25, -0.2) is 4.98 Å². The van der Waals surface area contributed by atoms with Crippen LogP contribution in [0.1, 0.15) is 16.8 Å². The van der Waals surface area contributed by atoms with Gasteiger partial charge in [-0.2, -0.15) is 5.26 Å². The van der Waals surface area contributed by atoms with Crippen LogP contribution in [0.3, 0.4) is 0 Å². The molecule has 1 atom stereocenters. The van der Waals surface area contributed by atoms with E-state index in [9.17, 15) is 10.1 Å². The summed E-state index contributed by atoms with van der Waals surface area (Å²) in [7, 11) is 0. The lowest BCUT2D eigenvalue weighted by Crippen LogP contribution is -2.35. The number of aromatic nitrogens is 1. The van der Waals surface area contributed by atoms with E-state index >= 15 is 0 Å². The molecule has 0 fully saturated rings. The lowest BCUT2D eigenvalue weighted by Gasteiger charge is -2.33. The standard InChI is InChI=1S/C24H18N4O/c25-14-17-7-4-5-10-20(17)21-13-18(22-11-6-12-24(26)27-22)15-28(23(21)16-29)19-8-2-1-3-9-19/h1-13,15-16,23H,(H2,26,27). The number of aldehydes is 1. The molecule has 0 saturated carbocycles. The predicted molar refractivity (Wildman–Crippen MR) is 115 cm³/mol. The summed E-state index contributed by atoms with van der Waals surface area (Å²) in [6.07, 6.45) is 4.71. The second-order valence-corrected chi connectivity index (χ2v) is 6.61. The highest BCUT2D eigenvalue weighted by Crippen LogP contribution is 2.35. The number of nitriles is 1. The van der Waals surface area contributed by atoms with Gasteiger partial charge in [0.05, 0.1) is 17.3 Å². The predicted octanol–water partition coefficient (Wildman–Crippen LogP) is 4.05. The maximum absolute atomic E-state index is 12.2. The molecule has 140 valence electrons. The van der Waals surface area contributed by atoms with Crippen LogP contribution < -0.4 is 10.6 Å². The molecule has 2 aromatic carbocycles. The molecule has 5 nitrogen and oxygen atoms in total. The fourth-order valence-corrected chi connectivity index (χ4v) is 3.47. The lowest BCUT2D eigenvalue weighted by molar-refractivity contribution is -0.107. The van der Waals surface area contributed by atoms with Gasteiger partial charge in [-0.05, 0) is 47.5 Å². The molecule has 0 radical (unpaired) electrons. The number of pyridine rings is 1. The zero-order valence-electron chi connectivity index (χ0n) is 15.6. The maximum Gasteiger partial charge on any atom is 0.147 e. The van der Waals surface area contributed by atoms with Gasteiger partial charge in [0.15, 0.2) is 0 Å². The minimum absolute atomic E-state index is 0.416. The molecule has 1 aliphatic heterocycles. The summed E-state index contributed by atoms with van der Waals surface area (Å²) in [6.45, 7) is 0. The van der Waals surface area contributed by atoms with Crippen LogP contribution in [0.5, 0.6) is 0 Å². The zero-order valence-corrected chi connectivity index (χ0v) is 15.6. The molecule has 0 saturated heterocycles.